The SMILES string of the molecule is C=C(C)C(=O)OCCNC(=O)N(C)CCOC(=O)NCCCS. The second kappa shape index (κ2) is 12.6. The predicted molar refractivity (Wildman–Crippen MR) is 89.6 cm³/mol. The number of nitrogens with one attached hydrogen (secondary N) is 2. The molecule has 0 atom stereocenters. The van der Waals surface area contributed by atoms with Crippen molar-refractivity contribution in [3.8, 4) is 0 Å². The van der Waals surface area contributed by atoms with Crippen LogP contribution in [-0.2, 0) is 14.3 Å². The second-order valence-electron chi connectivity index (χ2n) is 4.71. The first-order valence-electron chi connectivity index (χ1n) is 7.21. The van der Waals surface area contributed by atoms with Gasteiger partial charge in [-0.15, -0.1) is 0 Å². The number of carbonyl (C=O) groups excluding carboxylic acids is 3. The third-order valence-corrected chi connectivity index (χ3v) is 2.89. The fourth-order valence-electron chi connectivity index (χ4n) is 1.26. The van der Waals surface area contributed by atoms with Gasteiger partial charge in [-0.25, -0.2) is 14.4 Å². The van der Waals surface area contributed by atoms with Gasteiger partial charge in [-0.2, -0.15) is 12.6 Å². The van der Waals surface area contributed by atoms with E-state index in [2.05, 4.69) is 29.8 Å². The molecule has 23 heavy (non-hydrogen) atoms. The number of likely N-dealkylation sites (N-methyl/N-ethyl adjacent to an activating group) is 1. The number of esters is 1. The molecule has 0 heterocycles. The minimum absolute atomic E-state index is 0.0648. The number of rotatable bonds is 10. The molecular weight excluding hydrogens is 322 g/mol. The molecule has 0 aliphatic carbocycles. The molecule has 0 fully saturated rings. The standard InChI is InChI=1S/C14H25N3O5S/c1-11(2)12(18)21-8-6-15-13(19)17(3)7-9-22-14(20)16-5-4-10-23/h23H,1,4-10H2,2-3H3,(H,15,19)(H,16,20). The van der Waals surface area contributed by atoms with Crippen LogP contribution < -0.4 is 10.6 Å². The van der Waals surface area contributed by atoms with Crippen molar-refractivity contribution in [2.24, 2.45) is 0 Å². The van der Waals surface area contributed by atoms with E-state index in [1.165, 1.54) is 4.90 Å². The molecule has 0 aromatic carbocycles. The molecule has 0 aliphatic heterocycles. The summed E-state index contributed by atoms with van der Waals surface area (Å²) >= 11 is 4.02. The zero-order valence-corrected chi connectivity index (χ0v) is 14.5. The Kier molecular flexibility index (Phi) is 11.6. The average Bonchev–Trinajstić information content (AvgIpc) is 2.51. The van der Waals surface area contributed by atoms with Crippen molar-refractivity contribution in [3.63, 3.8) is 0 Å². The molecule has 0 saturated heterocycles. The van der Waals surface area contributed by atoms with Gasteiger partial charge < -0.3 is 25.0 Å². The number of thiol groups is 1. The molecule has 3 amide bonds. The first-order chi connectivity index (χ1) is 10.9. The number of amides is 3. The van der Waals surface area contributed by atoms with Crippen molar-refractivity contribution in [3.05, 3.63) is 12.2 Å². The number of carbonyl (C=O) groups is 3. The zero-order valence-electron chi connectivity index (χ0n) is 13.6. The largest absolute Gasteiger partial charge is 0.460 e. The number of urea groups is 1. The van der Waals surface area contributed by atoms with Crippen LogP contribution in [0.1, 0.15) is 13.3 Å². The Bertz CT molecular complexity index is 417. The van der Waals surface area contributed by atoms with Crippen molar-refractivity contribution in [1.29, 1.82) is 0 Å². The summed E-state index contributed by atoms with van der Waals surface area (Å²) < 4.78 is 9.76. The molecule has 0 saturated carbocycles. The van der Waals surface area contributed by atoms with E-state index in [-0.39, 0.29) is 32.3 Å². The van der Waals surface area contributed by atoms with E-state index in [1.807, 2.05) is 0 Å². The molecule has 0 spiro atoms. The van der Waals surface area contributed by atoms with Crippen LogP contribution in [0.4, 0.5) is 9.59 Å². The number of nitrogens with zero attached hydrogens (tertiary/aromatic N) is 1. The van der Waals surface area contributed by atoms with Crippen molar-refractivity contribution < 1.29 is 23.9 Å². The summed E-state index contributed by atoms with van der Waals surface area (Å²) in [5.74, 6) is 0.190. The monoisotopic (exact) mass is 347 g/mol. The first-order valence-corrected chi connectivity index (χ1v) is 7.84. The van der Waals surface area contributed by atoms with Gasteiger partial charge >= 0.3 is 18.1 Å². The van der Waals surface area contributed by atoms with E-state index in [9.17, 15) is 14.4 Å². The van der Waals surface area contributed by atoms with Gasteiger partial charge in [0, 0.05) is 19.2 Å². The van der Waals surface area contributed by atoms with Gasteiger partial charge in [0.15, 0.2) is 0 Å². The van der Waals surface area contributed by atoms with Gasteiger partial charge in [-0.3, -0.25) is 0 Å². The number of hydrogen-bond acceptors (Lipinski definition) is 6. The average molecular weight is 347 g/mol. The van der Waals surface area contributed by atoms with Crippen molar-refractivity contribution in [2.75, 3.05) is 45.6 Å². The fraction of sp³-hybridized carbons (Fsp3) is 0.643. The molecule has 0 rings (SSSR count). The van der Waals surface area contributed by atoms with E-state index in [4.69, 9.17) is 9.47 Å². The molecule has 0 aromatic heterocycles. The third kappa shape index (κ3) is 11.3. The smallest absolute Gasteiger partial charge is 0.407 e. The highest BCUT2D eigenvalue weighted by Gasteiger charge is 2.09. The maximum absolute atomic E-state index is 11.7. The minimum atomic E-state index is -0.521. The van der Waals surface area contributed by atoms with Gasteiger partial charge in [-0.05, 0) is 19.1 Å². The maximum atomic E-state index is 11.7. The van der Waals surface area contributed by atoms with Gasteiger partial charge in [0.05, 0.1) is 13.1 Å². The van der Waals surface area contributed by atoms with Crippen molar-refractivity contribution in [1.82, 2.24) is 15.5 Å². The van der Waals surface area contributed by atoms with Crippen molar-refractivity contribution in [2.45, 2.75) is 13.3 Å². The molecule has 132 valence electrons. The van der Waals surface area contributed by atoms with Gasteiger partial charge in [0.1, 0.15) is 13.2 Å². The Morgan fingerprint density at radius 3 is 2.43 bits per heavy atom. The summed E-state index contributed by atoms with van der Waals surface area (Å²) in [6.07, 6.45) is 0.239. The lowest BCUT2D eigenvalue weighted by molar-refractivity contribution is -0.138. The summed E-state index contributed by atoms with van der Waals surface area (Å²) in [6, 6.07) is -0.351. The van der Waals surface area contributed by atoms with Crippen LogP contribution >= 0.6 is 12.6 Å². The molecular formula is C14H25N3O5S. The van der Waals surface area contributed by atoms with Crippen molar-refractivity contribution >= 4 is 30.7 Å². The van der Waals surface area contributed by atoms with Crippen LogP contribution in [0.3, 0.4) is 0 Å². The Balaban J connectivity index is 3.71. The molecule has 0 unspecified atom stereocenters. The highest BCUT2D eigenvalue weighted by Crippen LogP contribution is 1.91. The maximum Gasteiger partial charge on any atom is 0.407 e. The lowest BCUT2D eigenvalue weighted by atomic mass is 10.4. The molecule has 0 radical (unpaired) electrons. The van der Waals surface area contributed by atoms with E-state index in [1.54, 1.807) is 14.0 Å². The topological polar surface area (TPSA) is 97.0 Å². The Labute approximate surface area is 142 Å². The summed E-state index contributed by atoms with van der Waals surface area (Å²) in [5.41, 5.74) is 0.304. The zero-order chi connectivity index (χ0) is 17.7. The van der Waals surface area contributed by atoms with Gasteiger partial charge in [0.2, 0.25) is 0 Å². The van der Waals surface area contributed by atoms with E-state index in [0.717, 1.165) is 6.42 Å². The van der Waals surface area contributed by atoms with Crippen LogP contribution in [0.2, 0.25) is 0 Å². The Morgan fingerprint density at radius 1 is 1.13 bits per heavy atom. The molecule has 0 aliphatic rings. The van der Waals surface area contributed by atoms with E-state index < -0.39 is 12.1 Å². The Morgan fingerprint density at radius 2 is 1.83 bits per heavy atom. The highest BCUT2D eigenvalue weighted by atomic mass is 32.1. The van der Waals surface area contributed by atoms with Crippen LogP contribution in [-0.4, -0.2) is 68.6 Å². The molecule has 0 aromatic rings. The predicted octanol–water partition coefficient (Wildman–Crippen LogP) is 0.793. The quantitative estimate of drug-likeness (QED) is 0.235. The third-order valence-electron chi connectivity index (χ3n) is 2.57. The lowest BCUT2D eigenvalue weighted by Gasteiger charge is -2.18. The highest BCUT2D eigenvalue weighted by molar-refractivity contribution is 7.80. The number of hydrogen-bond donors (Lipinski definition) is 3. The fourth-order valence-corrected chi connectivity index (χ4v) is 1.42. The minimum Gasteiger partial charge on any atom is -0.460 e. The van der Waals surface area contributed by atoms with Gasteiger partial charge in [0.25, 0.3) is 0 Å². The second-order valence-corrected chi connectivity index (χ2v) is 5.16. The van der Waals surface area contributed by atoms with Crippen LogP contribution in [0.5, 0.6) is 0 Å². The first kappa shape index (κ1) is 21.1. The van der Waals surface area contributed by atoms with E-state index >= 15 is 0 Å². The molecule has 2 N–H and O–H groups in total. The van der Waals surface area contributed by atoms with Crippen LogP contribution in [0.15, 0.2) is 12.2 Å². The summed E-state index contributed by atoms with van der Waals surface area (Å²) in [5, 5.41) is 5.14. The lowest BCUT2D eigenvalue weighted by Crippen LogP contribution is -2.41. The van der Waals surface area contributed by atoms with Crippen LogP contribution in [0.25, 0.3) is 0 Å². The number of alkyl carbamates (subject to hydrolysis) is 1. The molecule has 8 nitrogen and oxygen atoms in total. The molecule has 9 heteroatoms. The Hall–Kier alpha value is -1.90. The number of ether oxygens (including phenoxy) is 2. The normalized spacial score (nSPS) is 9.70. The summed E-state index contributed by atoms with van der Waals surface area (Å²) in [6.45, 7) is 6.08. The summed E-state index contributed by atoms with van der Waals surface area (Å²) in [4.78, 5) is 35.4. The molecule has 0 bridgehead atoms. The van der Waals surface area contributed by atoms with Crippen LogP contribution in [0, 0.1) is 0 Å². The summed E-state index contributed by atoms with van der Waals surface area (Å²) in [7, 11) is 1.57. The van der Waals surface area contributed by atoms with Gasteiger partial charge in [-0.1, -0.05) is 6.58 Å². The van der Waals surface area contributed by atoms with E-state index in [0.29, 0.717) is 17.9 Å².